The predicted molar refractivity (Wildman–Crippen MR) is 92.6 cm³/mol. The number of nitrogens with zero attached hydrogens (tertiary/aromatic N) is 1. The van der Waals surface area contributed by atoms with E-state index in [1.807, 2.05) is 56.0 Å². The van der Waals surface area contributed by atoms with E-state index in [4.69, 9.17) is 13.3 Å². The molecule has 0 spiro atoms. The molecule has 0 saturated carbocycles. The largest absolute Gasteiger partial charge is 0.500 e. The maximum absolute atomic E-state index is 5.84. The molecule has 0 fully saturated rings. The van der Waals surface area contributed by atoms with E-state index in [9.17, 15) is 0 Å². The van der Waals surface area contributed by atoms with Crippen LogP contribution in [0.3, 0.4) is 0 Å². The first-order valence-electron chi connectivity index (χ1n) is 7.38. The van der Waals surface area contributed by atoms with Gasteiger partial charge in [0.1, 0.15) is 5.03 Å². The third kappa shape index (κ3) is 7.67. The van der Waals surface area contributed by atoms with Crippen LogP contribution in [-0.4, -0.2) is 39.4 Å². The molecule has 1 rings (SSSR count). The third-order valence-corrected chi connectivity index (χ3v) is 8.09. The van der Waals surface area contributed by atoms with E-state index in [0.29, 0.717) is 19.8 Å². The van der Waals surface area contributed by atoms with Crippen LogP contribution < -0.4 is 0 Å². The Labute approximate surface area is 137 Å². The van der Waals surface area contributed by atoms with E-state index >= 15 is 0 Å². The Bertz CT molecular complexity index is 353. The van der Waals surface area contributed by atoms with E-state index < -0.39 is 8.80 Å². The first-order valence-corrected chi connectivity index (χ1v) is 11.6. The fraction of sp³-hybridized carbons (Fsp3) is 0.643. The molecule has 1 aromatic heterocycles. The number of aromatic nitrogens is 1. The van der Waals surface area contributed by atoms with Crippen LogP contribution in [0, 0.1) is 0 Å². The molecule has 1 heterocycles. The van der Waals surface area contributed by atoms with Gasteiger partial charge in [0.25, 0.3) is 0 Å². The van der Waals surface area contributed by atoms with Gasteiger partial charge in [0.15, 0.2) is 0 Å². The Morgan fingerprint density at radius 2 is 1.71 bits per heavy atom. The number of hydrogen-bond donors (Lipinski definition) is 0. The summed E-state index contributed by atoms with van der Waals surface area (Å²) in [6, 6.07) is 6.84. The van der Waals surface area contributed by atoms with Crippen molar-refractivity contribution in [3.63, 3.8) is 0 Å². The van der Waals surface area contributed by atoms with Crippen molar-refractivity contribution in [1.29, 1.82) is 0 Å². The smallest absolute Gasteiger partial charge is 0.374 e. The van der Waals surface area contributed by atoms with Crippen LogP contribution in [0.4, 0.5) is 0 Å². The lowest BCUT2D eigenvalue weighted by Crippen LogP contribution is -2.46. The van der Waals surface area contributed by atoms with Gasteiger partial charge in [-0.05, 0) is 50.1 Å². The second-order valence-corrected chi connectivity index (χ2v) is 9.33. The van der Waals surface area contributed by atoms with Crippen LogP contribution in [-0.2, 0) is 13.3 Å². The van der Waals surface area contributed by atoms with Crippen molar-refractivity contribution in [2.45, 2.75) is 38.3 Å². The van der Waals surface area contributed by atoms with E-state index in [1.165, 1.54) is 0 Å². The Morgan fingerprint density at radius 3 is 2.24 bits per heavy atom. The third-order valence-electron chi connectivity index (χ3n) is 2.59. The molecule has 0 unspecified atom stereocenters. The van der Waals surface area contributed by atoms with Gasteiger partial charge >= 0.3 is 8.80 Å². The summed E-state index contributed by atoms with van der Waals surface area (Å²) >= 11 is 0. The summed E-state index contributed by atoms with van der Waals surface area (Å²) in [6.45, 7) is 7.90. The van der Waals surface area contributed by atoms with Gasteiger partial charge in [-0.2, -0.15) is 0 Å². The number of hydrogen-bond acceptors (Lipinski definition) is 6. The van der Waals surface area contributed by atoms with Crippen molar-refractivity contribution in [3.05, 3.63) is 24.4 Å². The second kappa shape index (κ2) is 11.5. The lowest BCUT2D eigenvalue weighted by molar-refractivity contribution is 0.0712. The molecule has 0 atom stereocenters. The Hall–Kier alpha value is -0.0531. The minimum absolute atomic E-state index is 0.641. The quantitative estimate of drug-likeness (QED) is 0.320. The summed E-state index contributed by atoms with van der Waals surface area (Å²) in [7, 11) is 1.06. The molecule has 0 radical (unpaired) electrons. The van der Waals surface area contributed by atoms with Gasteiger partial charge in [0.05, 0.1) is 0 Å². The summed E-state index contributed by atoms with van der Waals surface area (Å²) in [5.41, 5.74) is 0. The van der Waals surface area contributed by atoms with Gasteiger partial charge in [0.2, 0.25) is 0 Å². The summed E-state index contributed by atoms with van der Waals surface area (Å²) in [6.07, 6.45) is 2.84. The predicted octanol–water partition coefficient (Wildman–Crippen LogP) is 4.26. The average Bonchev–Trinajstić information content (AvgIpc) is 2.49. The zero-order valence-corrected chi connectivity index (χ0v) is 15.7. The number of pyridine rings is 1. The van der Waals surface area contributed by atoms with Crippen LogP contribution in [0.25, 0.3) is 0 Å². The fourth-order valence-corrected chi connectivity index (χ4v) is 6.68. The van der Waals surface area contributed by atoms with Crippen molar-refractivity contribution in [3.8, 4) is 0 Å². The molecule has 4 nitrogen and oxygen atoms in total. The highest BCUT2D eigenvalue weighted by molar-refractivity contribution is 8.76. The molecule has 0 aliphatic carbocycles. The standard InChI is InChI=1S/C14H25NO3S2Si/c1-4-16-21(17-5-2,18-6-3)13-9-12-19-20-14-10-7-8-11-15-14/h7-8,10-11H,4-6,9,12-13H2,1-3H3. The van der Waals surface area contributed by atoms with E-state index in [2.05, 4.69) is 4.98 Å². The summed E-state index contributed by atoms with van der Waals surface area (Å²) < 4.78 is 17.5. The van der Waals surface area contributed by atoms with Crippen LogP contribution >= 0.6 is 21.6 Å². The first kappa shape index (κ1) is 19.0. The summed E-state index contributed by atoms with van der Waals surface area (Å²) in [5.74, 6) is 1.03. The van der Waals surface area contributed by atoms with Gasteiger partial charge in [0, 0.05) is 37.8 Å². The van der Waals surface area contributed by atoms with Crippen molar-refractivity contribution in [1.82, 2.24) is 4.98 Å². The lowest BCUT2D eigenvalue weighted by atomic mass is 10.5. The van der Waals surface area contributed by atoms with Gasteiger partial charge < -0.3 is 13.3 Å². The zero-order chi connectivity index (χ0) is 15.4. The SMILES string of the molecule is CCO[Si](CCCSSc1ccccn1)(OCC)OCC. The summed E-state index contributed by atoms with van der Waals surface area (Å²) in [4.78, 5) is 4.29. The average molecular weight is 348 g/mol. The normalized spacial score (nSPS) is 11.8. The maximum atomic E-state index is 5.84. The highest BCUT2D eigenvalue weighted by atomic mass is 33.1. The molecule has 7 heteroatoms. The molecule has 0 amide bonds. The van der Waals surface area contributed by atoms with E-state index in [1.54, 1.807) is 10.8 Å². The maximum Gasteiger partial charge on any atom is 0.500 e. The molecule has 21 heavy (non-hydrogen) atoms. The molecular weight excluding hydrogens is 322 g/mol. The molecule has 0 N–H and O–H groups in total. The molecule has 1 aromatic rings. The van der Waals surface area contributed by atoms with E-state index in [-0.39, 0.29) is 0 Å². The molecule has 120 valence electrons. The van der Waals surface area contributed by atoms with Gasteiger partial charge in [-0.15, -0.1) is 0 Å². The molecule has 0 aromatic carbocycles. The minimum atomic E-state index is -2.46. The lowest BCUT2D eigenvalue weighted by Gasteiger charge is -2.28. The van der Waals surface area contributed by atoms with Crippen molar-refractivity contribution in [2.24, 2.45) is 0 Å². The first-order chi connectivity index (χ1) is 10.3. The highest BCUT2D eigenvalue weighted by Gasteiger charge is 2.39. The second-order valence-electron chi connectivity index (χ2n) is 4.16. The van der Waals surface area contributed by atoms with Gasteiger partial charge in [-0.1, -0.05) is 16.9 Å². The Balaban J connectivity index is 2.31. The van der Waals surface area contributed by atoms with Crippen LogP contribution in [0.5, 0.6) is 0 Å². The van der Waals surface area contributed by atoms with Crippen LogP contribution in [0.1, 0.15) is 27.2 Å². The fourth-order valence-electron chi connectivity index (χ4n) is 1.85. The van der Waals surface area contributed by atoms with Crippen molar-refractivity contribution < 1.29 is 13.3 Å². The highest BCUT2D eigenvalue weighted by Crippen LogP contribution is 2.30. The molecule has 0 bridgehead atoms. The Kier molecular flexibility index (Phi) is 10.4. The van der Waals surface area contributed by atoms with Gasteiger partial charge in [-0.3, -0.25) is 0 Å². The molecule has 0 aliphatic heterocycles. The van der Waals surface area contributed by atoms with Gasteiger partial charge in [-0.25, -0.2) is 4.98 Å². The zero-order valence-electron chi connectivity index (χ0n) is 13.0. The van der Waals surface area contributed by atoms with Crippen LogP contribution in [0.2, 0.25) is 6.04 Å². The molecule has 0 aliphatic rings. The van der Waals surface area contributed by atoms with Crippen molar-refractivity contribution >= 4 is 30.4 Å². The number of rotatable bonds is 12. The minimum Gasteiger partial charge on any atom is -0.374 e. The topological polar surface area (TPSA) is 40.6 Å². The summed E-state index contributed by atoms with van der Waals surface area (Å²) in [5, 5.41) is 1.05. The van der Waals surface area contributed by atoms with E-state index in [0.717, 1.165) is 23.2 Å². The monoisotopic (exact) mass is 347 g/mol. The Morgan fingerprint density at radius 1 is 1.05 bits per heavy atom. The van der Waals surface area contributed by atoms with Crippen LogP contribution in [0.15, 0.2) is 29.4 Å². The molecular formula is C14H25NO3S2Si. The molecule has 0 saturated heterocycles. The van der Waals surface area contributed by atoms with Crippen molar-refractivity contribution in [2.75, 3.05) is 25.6 Å².